The van der Waals surface area contributed by atoms with E-state index in [2.05, 4.69) is 23.5 Å². The maximum absolute atomic E-state index is 11.9. The second kappa shape index (κ2) is 7.80. The number of nitrogens with zero attached hydrogens (tertiary/aromatic N) is 1. The second-order valence-corrected chi connectivity index (χ2v) is 7.87. The second-order valence-electron chi connectivity index (χ2n) is 4.88. The Balaban J connectivity index is 2.50. The molecule has 6 nitrogen and oxygen atoms in total. The van der Waals surface area contributed by atoms with Crippen LogP contribution in [0.25, 0.3) is 0 Å². The topological polar surface area (TPSA) is 94.3 Å². The van der Waals surface area contributed by atoms with Crippen molar-refractivity contribution >= 4 is 32.2 Å². The highest BCUT2D eigenvalue weighted by atomic mass is 32.2. The molecule has 0 radical (unpaired) electrons. The third kappa shape index (κ3) is 4.92. The van der Waals surface area contributed by atoms with Gasteiger partial charge in [-0.15, -0.1) is 0 Å². The summed E-state index contributed by atoms with van der Waals surface area (Å²) < 4.78 is 33.2. The molecule has 0 fully saturated rings. The van der Waals surface area contributed by atoms with Crippen LogP contribution in [0, 0.1) is 5.92 Å². The molecule has 3 N–H and O–H groups in total. The first-order chi connectivity index (χ1) is 9.38. The molecule has 0 aromatic carbocycles. The van der Waals surface area contributed by atoms with Crippen molar-refractivity contribution in [3.05, 3.63) is 0 Å². The lowest BCUT2D eigenvalue weighted by molar-refractivity contribution is 0.110. The Morgan fingerprint density at radius 1 is 1.45 bits per heavy atom. The first-order valence-corrected chi connectivity index (χ1v) is 9.10. The summed E-state index contributed by atoms with van der Waals surface area (Å²) in [6, 6.07) is 0. The third-order valence-corrected chi connectivity index (χ3v) is 5.31. The number of nitrogens with two attached hydrogens (primary N) is 1. The highest BCUT2D eigenvalue weighted by Crippen LogP contribution is 2.32. The van der Waals surface area contributed by atoms with Crippen LogP contribution in [0.4, 0.5) is 10.8 Å². The van der Waals surface area contributed by atoms with Crippen LogP contribution in [0.1, 0.15) is 27.2 Å². The Morgan fingerprint density at radius 2 is 2.15 bits per heavy atom. The smallest absolute Gasteiger partial charge is 0.184 e. The minimum atomic E-state index is -3.35. The zero-order chi connectivity index (χ0) is 15.2. The van der Waals surface area contributed by atoms with E-state index in [1.165, 1.54) is 0 Å². The standard InChI is InChI=1S/C12H23N3O3S2/c1-4-20(16,17)10-11(13)15-19-12(10)14-6-5-7-18-8-9(2)3/h9,14H,4-8H2,1-3H3,(H2,13,15). The molecule has 0 saturated carbocycles. The predicted molar refractivity (Wildman–Crippen MR) is 83.0 cm³/mol. The van der Waals surface area contributed by atoms with Gasteiger partial charge in [-0.05, 0) is 23.9 Å². The summed E-state index contributed by atoms with van der Waals surface area (Å²) in [6.45, 7) is 7.81. The molecule has 1 heterocycles. The largest absolute Gasteiger partial charge is 0.382 e. The van der Waals surface area contributed by atoms with E-state index < -0.39 is 9.84 Å². The van der Waals surface area contributed by atoms with Gasteiger partial charge < -0.3 is 15.8 Å². The van der Waals surface area contributed by atoms with Gasteiger partial charge in [0.25, 0.3) is 0 Å². The Labute approximate surface area is 124 Å². The first-order valence-electron chi connectivity index (χ1n) is 6.68. The van der Waals surface area contributed by atoms with Crippen LogP contribution in [-0.4, -0.2) is 38.3 Å². The number of hydrogen-bond acceptors (Lipinski definition) is 7. The molecule has 20 heavy (non-hydrogen) atoms. The number of rotatable bonds is 9. The van der Waals surface area contributed by atoms with Gasteiger partial charge in [0, 0.05) is 19.8 Å². The Hall–Kier alpha value is -0.860. The molecule has 0 bridgehead atoms. The molecule has 0 spiro atoms. The quantitative estimate of drug-likeness (QED) is 0.676. The molecule has 8 heteroatoms. The molecule has 0 aliphatic heterocycles. The predicted octanol–water partition coefficient (Wildman–Crippen LogP) is 1.99. The molecule has 1 rings (SSSR count). The SMILES string of the molecule is CCS(=O)(=O)c1c(N)nsc1NCCCOCC(C)C. The molecule has 1 aromatic heterocycles. The van der Waals surface area contributed by atoms with Crippen molar-refractivity contribution in [1.29, 1.82) is 0 Å². The summed E-state index contributed by atoms with van der Waals surface area (Å²) in [6.07, 6.45) is 0.802. The Bertz CT molecular complexity index is 512. The normalized spacial score (nSPS) is 12.0. The van der Waals surface area contributed by atoms with Crippen LogP contribution in [0.15, 0.2) is 4.90 Å². The molecule has 0 unspecified atom stereocenters. The summed E-state index contributed by atoms with van der Waals surface area (Å²) in [5.74, 6) is 0.614. The fourth-order valence-corrected chi connectivity index (χ4v) is 3.74. The van der Waals surface area contributed by atoms with Crippen molar-refractivity contribution in [2.45, 2.75) is 32.1 Å². The first kappa shape index (κ1) is 17.2. The molecule has 0 aliphatic rings. The minimum Gasteiger partial charge on any atom is -0.382 e. The number of sulfone groups is 1. The average Bonchev–Trinajstić information content (AvgIpc) is 2.75. The maximum Gasteiger partial charge on any atom is 0.184 e. The van der Waals surface area contributed by atoms with Gasteiger partial charge in [0.05, 0.1) is 5.75 Å². The van der Waals surface area contributed by atoms with Gasteiger partial charge >= 0.3 is 0 Å². The van der Waals surface area contributed by atoms with E-state index in [4.69, 9.17) is 10.5 Å². The van der Waals surface area contributed by atoms with Crippen LogP contribution >= 0.6 is 11.5 Å². The zero-order valence-electron chi connectivity index (χ0n) is 12.2. The number of hydrogen-bond donors (Lipinski definition) is 2. The van der Waals surface area contributed by atoms with Crippen LogP contribution in [0.5, 0.6) is 0 Å². The summed E-state index contributed by atoms with van der Waals surface area (Å²) in [5.41, 5.74) is 5.64. The van der Waals surface area contributed by atoms with E-state index in [0.29, 0.717) is 24.1 Å². The zero-order valence-corrected chi connectivity index (χ0v) is 13.8. The van der Waals surface area contributed by atoms with Gasteiger partial charge in [0.15, 0.2) is 15.7 Å². The third-order valence-electron chi connectivity index (χ3n) is 2.57. The van der Waals surface area contributed by atoms with E-state index in [9.17, 15) is 8.42 Å². The van der Waals surface area contributed by atoms with Gasteiger partial charge in [-0.1, -0.05) is 20.8 Å². The summed E-state index contributed by atoms with van der Waals surface area (Å²) >= 11 is 1.08. The highest BCUT2D eigenvalue weighted by molar-refractivity contribution is 7.91. The lowest BCUT2D eigenvalue weighted by Gasteiger charge is -2.08. The van der Waals surface area contributed by atoms with E-state index in [-0.39, 0.29) is 16.5 Å². The van der Waals surface area contributed by atoms with Crippen molar-refractivity contribution in [3.8, 4) is 0 Å². The fourth-order valence-electron chi connectivity index (χ4n) is 1.55. The highest BCUT2D eigenvalue weighted by Gasteiger charge is 2.23. The molecular weight excluding hydrogens is 298 g/mol. The molecule has 0 saturated heterocycles. The van der Waals surface area contributed by atoms with E-state index in [1.54, 1.807) is 6.92 Å². The van der Waals surface area contributed by atoms with Crippen LogP contribution in [0.3, 0.4) is 0 Å². The molecule has 0 amide bonds. The molecule has 0 atom stereocenters. The van der Waals surface area contributed by atoms with Gasteiger partial charge in [-0.2, -0.15) is 4.37 Å². The maximum atomic E-state index is 11.9. The van der Waals surface area contributed by atoms with Crippen molar-refractivity contribution < 1.29 is 13.2 Å². The van der Waals surface area contributed by atoms with Crippen LogP contribution in [-0.2, 0) is 14.6 Å². The minimum absolute atomic E-state index is 0.0157. The Morgan fingerprint density at radius 3 is 2.75 bits per heavy atom. The summed E-state index contributed by atoms with van der Waals surface area (Å²) in [4.78, 5) is 0.132. The number of nitrogens with one attached hydrogen (secondary N) is 1. The molecular formula is C12H23N3O3S2. The number of aromatic nitrogens is 1. The summed E-state index contributed by atoms with van der Waals surface area (Å²) in [7, 11) is -3.35. The lowest BCUT2D eigenvalue weighted by Crippen LogP contribution is -2.11. The number of nitrogen functional groups attached to an aromatic ring is 1. The monoisotopic (exact) mass is 321 g/mol. The lowest BCUT2D eigenvalue weighted by atomic mass is 10.2. The molecule has 116 valence electrons. The summed E-state index contributed by atoms with van der Waals surface area (Å²) in [5, 5.41) is 3.60. The van der Waals surface area contributed by atoms with Crippen molar-refractivity contribution in [3.63, 3.8) is 0 Å². The van der Waals surface area contributed by atoms with E-state index in [1.807, 2.05) is 0 Å². The average molecular weight is 321 g/mol. The Kier molecular flexibility index (Phi) is 6.70. The van der Waals surface area contributed by atoms with Crippen LogP contribution < -0.4 is 11.1 Å². The van der Waals surface area contributed by atoms with Gasteiger partial charge in [-0.3, -0.25) is 0 Å². The van der Waals surface area contributed by atoms with Crippen LogP contribution in [0.2, 0.25) is 0 Å². The number of ether oxygens (including phenoxy) is 1. The van der Waals surface area contributed by atoms with Gasteiger partial charge in [0.2, 0.25) is 0 Å². The van der Waals surface area contributed by atoms with Gasteiger partial charge in [0.1, 0.15) is 9.90 Å². The van der Waals surface area contributed by atoms with Crippen molar-refractivity contribution in [2.75, 3.05) is 36.6 Å². The van der Waals surface area contributed by atoms with Crippen molar-refractivity contribution in [2.24, 2.45) is 5.92 Å². The molecule has 0 aliphatic carbocycles. The van der Waals surface area contributed by atoms with Gasteiger partial charge in [-0.25, -0.2) is 8.42 Å². The fraction of sp³-hybridized carbons (Fsp3) is 0.750. The molecule has 1 aromatic rings. The van der Waals surface area contributed by atoms with E-state index >= 15 is 0 Å². The van der Waals surface area contributed by atoms with E-state index in [0.717, 1.165) is 24.6 Å². The van der Waals surface area contributed by atoms with Crippen molar-refractivity contribution in [1.82, 2.24) is 4.37 Å². The number of anilines is 2.